The standard InChI is InChI=1S/C19H21F2N3O6/c1-10(2)8-24-15(22)14(16(26)23(3)19(24)28)13(25)9-29-17(27)11-5-4-6-12(7-11)30-18(20)21/h4-7,10,18H,8-9,22H2,1-3H3. The van der Waals surface area contributed by atoms with Crippen molar-refractivity contribution in [3.63, 3.8) is 0 Å². The number of halogens is 2. The summed E-state index contributed by atoms with van der Waals surface area (Å²) in [5.41, 5.74) is 3.70. The van der Waals surface area contributed by atoms with Crippen LogP contribution in [0.25, 0.3) is 0 Å². The number of carbonyl (C=O) groups excluding carboxylic acids is 2. The summed E-state index contributed by atoms with van der Waals surface area (Å²) in [5, 5.41) is 0. The van der Waals surface area contributed by atoms with E-state index in [1.807, 2.05) is 13.8 Å². The van der Waals surface area contributed by atoms with Gasteiger partial charge in [-0.25, -0.2) is 9.59 Å². The first-order valence-corrected chi connectivity index (χ1v) is 8.87. The number of nitrogens with zero attached hydrogens (tertiary/aromatic N) is 2. The van der Waals surface area contributed by atoms with Crippen LogP contribution in [0.1, 0.15) is 34.6 Å². The van der Waals surface area contributed by atoms with Crippen molar-refractivity contribution in [2.24, 2.45) is 13.0 Å². The third kappa shape index (κ3) is 5.10. The molecule has 0 aliphatic carbocycles. The lowest BCUT2D eigenvalue weighted by Gasteiger charge is -2.16. The number of aromatic nitrogens is 2. The number of ether oxygens (including phenoxy) is 2. The fourth-order valence-corrected chi connectivity index (χ4v) is 2.67. The fraction of sp³-hybridized carbons (Fsp3) is 0.368. The van der Waals surface area contributed by atoms with Crippen molar-refractivity contribution in [3.05, 3.63) is 56.2 Å². The van der Waals surface area contributed by atoms with Crippen molar-refractivity contribution in [3.8, 4) is 5.75 Å². The van der Waals surface area contributed by atoms with Crippen molar-refractivity contribution in [1.82, 2.24) is 9.13 Å². The minimum Gasteiger partial charge on any atom is -0.454 e. The number of nitrogens with two attached hydrogens (primary N) is 1. The van der Waals surface area contributed by atoms with Gasteiger partial charge in [-0.1, -0.05) is 19.9 Å². The van der Waals surface area contributed by atoms with E-state index in [4.69, 9.17) is 10.5 Å². The zero-order chi connectivity index (χ0) is 22.6. The molecule has 0 aliphatic heterocycles. The maximum atomic E-state index is 12.5. The number of hydrogen-bond donors (Lipinski definition) is 1. The number of rotatable bonds is 8. The summed E-state index contributed by atoms with van der Waals surface area (Å²) in [7, 11) is 1.21. The molecule has 0 saturated heterocycles. The monoisotopic (exact) mass is 425 g/mol. The van der Waals surface area contributed by atoms with Gasteiger partial charge in [0.1, 0.15) is 17.1 Å². The molecule has 0 bridgehead atoms. The Morgan fingerprint density at radius 3 is 2.47 bits per heavy atom. The predicted octanol–water partition coefficient (Wildman–Crippen LogP) is 1.43. The molecular formula is C19H21F2N3O6. The molecule has 9 nitrogen and oxygen atoms in total. The van der Waals surface area contributed by atoms with E-state index in [9.17, 15) is 28.0 Å². The normalized spacial score (nSPS) is 11.0. The van der Waals surface area contributed by atoms with Crippen LogP contribution in [-0.4, -0.2) is 34.1 Å². The van der Waals surface area contributed by atoms with E-state index in [2.05, 4.69) is 4.74 Å². The molecule has 0 radical (unpaired) electrons. The summed E-state index contributed by atoms with van der Waals surface area (Å²) in [5.74, 6) is -2.46. The molecule has 1 aromatic carbocycles. The van der Waals surface area contributed by atoms with Crippen molar-refractivity contribution in [2.75, 3.05) is 12.3 Å². The van der Waals surface area contributed by atoms with E-state index in [1.165, 1.54) is 25.2 Å². The van der Waals surface area contributed by atoms with E-state index in [0.717, 1.165) is 15.2 Å². The SMILES string of the molecule is CC(C)Cn1c(N)c(C(=O)COC(=O)c2cccc(OC(F)F)c2)c(=O)n(C)c1=O. The molecule has 2 rings (SSSR count). The summed E-state index contributed by atoms with van der Waals surface area (Å²) in [6.45, 7) is -0.0786. The zero-order valence-electron chi connectivity index (χ0n) is 16.6. The van der Waals surface area contributed by atoms with Gasteiger partial charge in [-0.15, -0.1) is 0 Å². The van der Waals surface area contributed by atoms with Crippen LogP contribution in [0, 0.1) is 5.92 Å². The number of esters is 1. The van der Waals surface area contributed by atoms with Crippen molar-refractivity contribution >= 4 is 17.6 Å². The van der Waals surface area contributed by atoms with Crippen LogP contribution in [-0.2, 0) is 18.3 Å². The highest BCUT2D eigenvalue weighted by Crippen LogP contribution is 2.17. The summed E-state index contributed by atoms with van der Waals surface area (Å²) in [6.07, 6.45) is 0. The van der Waals surface area contributed by atoms with Crippen molar-refractivity contribution < 1.29 is 27.8 Å². The first-order valence-electron chi connectivity index (χ1n) is 8.87. The van der Waals surface area contributed by atoms with Crippen LogP contribution in [0.2, 0.25) is 0 Å². The lowest BCUT2D eigenvalue weighted by Crippen LogP contribution is -2.43. The Balaban J connectivity index is 2.25. The number of anilines is 1. The van der Waals surface area contributed by atoms with Gasteiger partial charge in [0.25, 0.3) is 5.56 Å². The highest BCUT2D eigenvalue weighted by molar-refractivity contribution is 6.02. The molecule has 2 N–H and O–H groups in total. The minimum atomic E-state index is -3.07. The molecule has 1 heterocycles. The molecule has 0 saturated carbocycles. The van der Waals surface area contributed by atoms with E-state index < -0.39 is 41.8 Å². The maximum Gasteiger partial charge on any atom is 0.387 e. The lowest BCUT2D eigenvalue weighted by molar-refractivity contribution is -0.0499. The van der Waals surface area contributed by atoms with Crippen LogP contribution in [0.15, 0.2) is 33.9 Å². The van der Waals surface area contributed by atoms with Gasteiger partial charge in [-0.3, -0.25) is 18.7 Å². The molecule has 162 valence electrons. The Labute approximate surface area is 169 Å². The van der Waals surface area contributed by atoms with Gasteiger partial charge in [0, 0.05) is 13.6 Å². The quantitative estimate of drug-likeness (QED) is 0.501. The summed E-state index contributed by atoms with van der Waals surface area (Å²) in [6, 6.07) is 4.82. The first-order chi connectivity index (χ1) is 14.0. The second-order valence-corrected chi connectivity index (χ2v) is 6.82. The smallest absolute Gasteiger partial charge is 0.387 e. The molecule has 0 spiro atoms. The Hall–Kier alpha value is -3.50. The van der Waals surface area contributed by atoms with Gasteiger partial charge >= 0.3 is 18.3 Å². The van der Waals surface area contributed by atoms with Gasteiger partial charge in [0.15, 0.2) is 6.61 Å². The Morgan fingerprint density at radius 1 is 1.20 bits per heavy atom. The minimum absolute atomic E-state index is 0.00557. The summed E-state index contributed by atoms with van der Waals surface area (Å²) >= 11 is 0. The molecule has 11 heteroatoms. The van der Waals surface area contributed by atoms with Crippen LogP contribution in [0.5, 0.6) is 5.75 Å². The number of Topliss-reactive ketones (excluding diaryl/α,β-unsaturated/α-hetero) is 1. The average Bonchev–Trinajstić information content (AvgIpc) is 2.67. The van der Waals surface area contributed by atoms with Gasteiger partial charge in [0.05, 0.1) is 5.56 Å². The van der Waals surface area contributed by atoms with Crippen LogP contribution >= 0.6 is 0 Å². The number of alkyl halides is 2. The van der Waals surface area contributed by atoms with E-state index in [1.54, 1.807) is 0 Å². The third-order valence-electron chi connectivity index (χ3n) is 4.04. The van der Waals surface area contributed by atoms with Crippen LogP contribution in [0.4, 0.5) is 14.6 Å². The Kier molecular flexibility index (Phi) is 7.09. The average molecular weight is 425 g/mol. The molecule has 0 atom stereocenters. The predicted molar refractivity (Wildman–Crippen MR) is 103 cm³/mol. The van der Waals surface area contributed by atoms with Gasteiger partial charge in [0.2, 0.25) is 5.78 Å². The van der Waals surface area contributed by atoms with Gasteiger partial charge in [-0.2, -0.15) is 8.78 Å². The second kappa shape index (κ2) is 9.33. The Bertz CT molecular complexity index is 1070. The summed E-state index contributed by atoms with van der Waals surface area (Å²) < 4.78 is 35.5. The van der Waals surface area contributed by atoms with E-state index in [-0.39, 0.29) is 29.6 Å². The number of nitrogen functional groups attached to an aromatic ring is 1. The summed E-state index contributed by atoms with van der Waals surface area (Å²) in [4.78, 5) is 49.3. The Morgan fingerprint density at radius 2 is 1.87 bits per heavy atom. The van der Waals surface area contributed by atoms with Crippen LogP contribution in [0.3, 0.4) is 0 Å². The molecule has 2 aromatic rings. The lowest BCUT2D eigenvalue weighted by atomic mass is 10.1. The largest absolute Gasteiger partial charge is 0.454 e. The third-order valence-corrected chi connectivity index (χ3v) is 4.04. The second-order valence-electron chi connectivity index (χ2n) is 6.82. The van der Waals surface area contributed by atoms with Crippen molar-refractivity contribution in [2.45, 2.75) is 27.0 Å². The van der Waals surface area contributed by atoms with E-state index >= 15 is 0 Å². The number of carbonyl (C=O) groups is 2. The molecule has 1 aromatic heterocycles. The number of ketones is 1. The van der Waals surface area contributed by atoms with E-state index in [0.29, 0.717) is 0 Å². The first kappa shape index (κ1) is 22.8. The number of hydrogen-bond acceptors (Lipinski definition) is 7. The molecule has 30 heavy (non-hydrogen) atoms. The highest BCUT2D eigenvalue weighted by Gasteiger charge is 2.23. The van der Waals surface area contributed by atoms with Crippen molar-refractivity contribution in [1.29, 1.82) is 0 Å². The molecule has 0 aliphatic rings. The van der Waals surface area contributed by atoms with Crippen LogP contribution < -0.4 is 21.7 Å². The molecule has 0 unspecified atom stereocenters. The zero-order valence-corrected chi connectivity index (χ0v) is 16.6. The molecule has 0 amide bonds. The fourth-order valence-electron chi connectivity index (χ4n) is 2.67. The molecular weight excluding hydrogens is 404 g/mol. The highest BCUT2D eigenvalue weighted by atomic mass is 19.3. The van der Waals surface area contributed by atoms with Gasteiger partial charge in [-0.05, 0) is 24.1 Å². The maximum absolute atomic E-state index is 12.5. The topological polar surface area (TPSA) is 123 Å². The number of benzene rings is 1. The van der Waals surface area contributed by atoms with Gasteiger partial charge < -0.3 is 15.2 Å². The molecule has 0 fully saturated rings.